The predicted octanol–water partition coefficient (Wildman–Crippen LogP) is -1.88. The number of hydrogen-bond acceptors (Lipinski definition) is 7. The van der Waals surface area contributed by atoms with Crippen molar-refractivity contribution in [2.75, 3.05) is 26.2 Å². The lowest BCUT2D eigenvalue weighted by atomic mass is 10.00. The molecule has 1 unspecified atom stereocenters. The minimum atomic E-state index is -3.88. The Hall–Kier alpha value is -2.29. The van der Waals surface area contributed by atoms with Gasteiger partial charge in [0.25, 0.3) is 10.2 Å². The van der Waals surface area contributed by atoms with Crippen LogP contribution in [0, 0.1) is 0 Å². The van der Waals surface area contributed by atoms with Crippen LogP contribution in [-0.4, -0.2) is 81.0 Å². The third-order valence-corrected chi connectivity index (χ3v) is 4.58. The van der Waals surface area contributed by atoms with E-state index in [0.717, 1.165) is 0 Å². The first-order valence-corrected chi connectivity index (χ1v) is 9.90. The highest BCUT2D eigenvalue weighted by molar-refractivity contribution is 7.87. The van der Waals surface area contributed by atoms with Crippen LogP contribution >= 0.6 is 0 Å². The largest absolute Gasteiger partial charge is 0.462 e. The Morgan fingerprint density at radius 1 is 1.43 bits per heavy atom. The van der Waals surface area contributed by atoms with Gasteiger partial charge in [-0.05, 0) is 19.4 Å². The molecule has 2 aliphatic heterocycles. The number of nitrogens with two attached hydrogens (primary N) is 1. The lowest BCUT2D eigenvalue weighted by Crippen LogP contribution is -2.51. The second kappa shape index (κ2) is 8.81. The fraction of sp³-hybridized carbons (Fsp3) is 0.643. The summed E-state index contributed by atoms with van der Waals surface area (Å²) < 4.78 is 41.9. The zero-order valence-corrected chi connectivity index (χ0v) is 16.1. The maximum absolute atomic E-state index is 13.8. The monoisotopic (exact) mass is 423 g/mol. The van der Waals surface area contributed by atoms with Crippen LogP contribution in [0.3, 0.4) is 0 Å². The molecule has 0 aromatic heterocycles. The molecule has 2 aliphatic rings. The summed E-state index contributed by atoms with van der Waals surface area (Å²) in [6.45, 7) is 2.93. The number of ether oxygens (including phenoxy) is 1. The van der Waals surface area contributed by atoms with Crippen molar-refractivity contribution < 1.29 is 36.8 Å². The number of halogens is 1. The first-order valence-electron chi connectivity index (χ1n) is 8.36. The maximum atomic E-state index is 13.8. The highest BCUT2D eigenvalue weighted by Gasteiger charge is 2.48. The zero-order valence-electron chi connectivity index (χ0n) is 15.3. The third kappa shape index (κ3) is 5.15. The number of hydrogen-bond donors (Lipinski definition) is 3. The van der Waals surface area contributed by atoms with E-state index in [4.69, 9.17) is 9.98 Å². The lowest BCUT2D eigenvalue weighted by molar-refractivity contribution is -0.223. The van der Waals surface area contributed by atoms with Crippen molar-refractivity contribution in [3.63, 3.8) is 0 Å². The molecular weight excluding hydrogens is 401 g/mol. The van der Waals surface area contributed by atoms with E-state index in [0.29, 0.717) is 10.6 Å². The summed E-state index contributed by atoms with van der Waals surface area (Å²) in [6.07, 6.45) is -0.915. The second-order valence-electron chi connectivity index (χ2n) is 6.05. The molecule has 158 valence electrons. The van der Waals surface area contributed by atoms with Gasteiger partial charge in [0.05, 0.1) is 19.2 Å². The van der Waals surface area contributed by atoms with Crippen LogP contribution in [0.4, 0.5) is 9.18 Å². The summed E-state index contributed by atoms with van der Waals surface area (Å²) >= 11 is 0. The van der Waals surface area contributed by atoms with Gasteiger partial charge in [-0.25, -0.2) is 28.7 Å². The Balaban J connectivity index is 1.99. The van der Waals surface area contributed by atoms with Crippen molar-refractivity contribution in [2.45, 2.75) is 32.3 Å². The van der Waals surface area contributed by atoms with Gasteiger partial charge in [-0.3, -0.25) is 4.79 Å². The number of esters is 1. The van der Waals surface area contributed by atoms with E-state index >= 15 is 0 Å². The molecule has 0 spiro atoms. The standard InChI is InChI=1S/C14H22FN5O7S/c1-3-26-13(22)11(15)27-20-9-6-8(2)10(19(7-9)14(20)23)12(21)17-4-5-18-28(16,24)25/h6,9-11,18H,3-5,7H2,1-2H3,(H,17,21)(H2,16,24,25)/t9?,10-,11+/m0/s1. The topological polar surface area (TPSA) is 160 Å². The van der Waals surface area contributed by atoms with Gasteiger partial charge in [-0.1, -0.05) is 6.08 Å². The number of alkyl halides is 1. The maximum Gasteiger partial charge on any atom is 0.370 e. The molecule has 0 radical (unpaired) electrons. The number of hydroxylamine groups is 2. The minimum absolute atomic E-state index is 0.0479. The van der Waals surface area contributed by atoms with Gasteiger partial charge < -0.3 is 15.0 Å². The van der Waals surface area contributed by atoms with E-state index in [9.17, 15) is 27.2 Å². The van der Waals surface area contributed by atoms with Gasteiger partial charge in [0.15, 0.2) is 0 Å². The minimum Gasteiger partial charge on any atom is -0.462 e. The number of nitrogens with zero attached hydrogens (tertiary/aromatic N) is 2. The zero-order chi connectivity index (χ0) is 21.1. The molecule has 2 rings (SSSR count). The van der Waals surface area contributed by atoms with E-state index in [1.54, 1.807) is 13.0 Å². The molecule has 1 saturated heterocycles. The van der Waals surface area contributed by atoms with Gasteiger partial charge in [0.2, 0.25) is 5.91 Å². The summed E-state index contributed by atoms with van der Waals surface area (Å²) in [5, 5.41) is 7.96. The van der Waals surface area contributed by atoms with Crippen LogP contribution in [0.5, 0.6) is 0 Å². The highest BCUT2D eigenvalue weighted by atomic mass is 32.2. The van der Waals surface area contributed by atoms with Crippen LogP contribution in [-0.2, 0) is 29.4 Å². The number of nitrogens with one attached hydrogen (secondary N) is 2. The molecule has 12 nitrogen and oxygen atoms in total. The third-order valence-electron chi connectivity index (χ3n) is 3.97. The molecule has 2 heterocycles. The smallest absolute Gasteiger partial charge is 0.370 e. The van der Waals surface area contributed by atoms with E-state index < -0.39 is 46.6 Å². The molecule has 4 N–H and O–H groups in total. The SMILES string of the molecule is CCOC(=O)[C@H](F)ON1C(=O)N2CC1C=C(C)[C@H]2C(=O)NCCNS(N)(=O)=O. The van der Waals surface area contributed by atoms with Crippen LogP contribution in [0.15, 0.2) is 11.6 Å². The predicted molar refractivity (Wildman–Crippen MR) is 92.0 cm³/mol. The van der Waals surface area contributed by atoms with Crippen molar-refractivity contribution >= 4 is 28.1 Å². The van der Waals surface area contributed by atoms with E-state index in [2.05, 4.69) is 10.1 Å². The van der Waals surface area contributed by atoms with E-state index in [1.165, 1.54) is 11.8 Å². The van der Waals surface area contributed by atoms with Crippen molar-refractivity contribution in [3.05, 3.63) is 11.6 Å². The Morgan fingerprint density at radius 3 is 2.71 bits per heavy atom. The van der Waals surface area contributed by atoms with Gasteiger partial charge in [-0.2, -0.15) is 13.5 Å². The fourth-order valence-electron chi connectivity index (χ4n) is 2.90. The molecule has 0 aliphatic carbocycles. The van der Waals surface area contributed by atoms with E-state index in [1.807, 2.05) is 4.72 Å². The molecule has 3 atom stereocenters. The van der Waals surface area contributed by atoms with Crippen molar-refractivity contribution in [3.8, 4) is 0 Å². The second-order valence-corrected chi connectivity index (χ2v) is 7.42. The van der Waals surface area contributed by atoms with E-state index in [-0.39, 0.29) is 26.2 Å². The molecule has 3 amide bonds. The molecule has 14 heteroatoms. The first-order chi connectivity index (χ1) is 13.0. The average molecular weight is 423 g/mol. The fourth-order valence-corrected chi connectivity index (χ4v) is 3.28. The molecule has 0 aromatic rings. The summed E-state index contributed by atoms with van der Waals surface area (Å²) in [4.78, 5) is 42.3. The van der Waals surface area contributed by atoms with Crippen molar-refractivity contribution in [1.82, 2.24) is 20.0 Å². The Labute approximate surface area is 160 Å². The summed E-state index contributed by atoms with van der Waals surface area (Å²) in [5.74, 6) is -1.81. The van der Waals surface area contributed by atoms with Crippen molar-refractivity contribution in [1.29, 1.82) is 0 Å². The number of carbonyl (C=O) groups excluding carboxylic acids is 3. The van der Waals surface area contributed by atoms with Gasteiger partial charge in [0, 0.05) is 13.1 Å². The Kier molecular flexibility index (Phi) is 6.92. The molecule has 28 heavy (non-hydrogen) atoms. The molecule has 1 fully saturated rings. The summed E-state index contributed by atoms with van der Waals surface area (Å²) in [7, 11) is -3.88. The number of urea groups is 1. The molecule has 0 saturated carbocycles. The average Bonchev–Trinajstić information content (AvgIpc) is 2.83. The summed E-state index contributed by atoms with van der Waals surface area (Å²) in [6, 6.07) is -2.44. The lowest BCUT2D eigenvalue weighted by Gasteiger charge is -2.29. The number of rotatable bonds is 9. The first kappa shape index (κ1) is 22.0. The van der Waals surface area contributed by atoms with Crippen LogP contribution in [0.1, 0.15) is 13.8 Å². The van der Waals surface area contributed by atoms with Crippen LogP contribution in [0.2, 0.25) is 0 Å². The molecule has 0 aromatic carbocycles. The van der Waals surface area contributed by atoms with Gasteiger partial charge >= 0.3 is 18.4 Å². The van der Waals surface area contributed by atoms with Crippen molar-refractivity contribution in [2.24, 2.45) is 5.14 Å². The van der Waals surface area contributed by atoms with Gasteiger partial charge in [0.1, 0.15) is 6.04 Å². The molecule has 2 bridgehead atoms. The number of amides is 3. The highest BCUT2D eigenvalue weighted by Crippen LogP contribution is 2.30. The summed E-state index contributed by atoms with van der Waals surface area (Å²) in [5.41, 5.74) is 0.513. The molecular formula is C14H22FN5O7S. The Bertz CT molecular complexity index is 774. The number of carbonyl (C=O) groups is 3. The van der Waals surface area contributed by atoms with Crippen LogP contribution < -0.4 is 15.2 Å². The normalized spacial score (nSPS) is 22.7. The number of fused-ring (bicyclic) bond motifs is 2. The Morgan fingerprint density at radius 2 is 2.11 bits per heavy atom. The quantitative estimate of drug-likeness (QED) is 0.222. The van der Waals surface area contributed by atoms with Crippen LogP contribution in [0.25, 0.3) is 0 Å². The van der Waals surface area contributed by atoms with Gasteiger partial charge in [-0.15, -0.1) is 0 Å².